The molecule has 8 heteroatoms. The van der Waals surface area contributed by atoms with Crippen molar-refractivity contribution < 1.29 is 20.7 Å². The van der Waals surface area contributed by atoms with Crippen molar-refractivity contribution in [1.82, 2.24) is 4.72 Å². The molecule has 0 saturated heterocycles. The minimum atomic E-state index is -4.81. The van der Waals surface area contributed by atoms with Crippen LogP contribution in [0.4, 0.5) is 3.89 Å². The van der Waals surface area contributed by atoms with Crippen molar-refractivity contribution in [3.63, 3.8) is 0 Å². The summed E-state index contributed by atoms with van der Waals surface area (Å²) in [7, 11) is -8.51. The van der Waals surface area contributed by atoms with Crippen LogP contribution in [0.5, 0.6) is 0 Å². The summed E-state index contributed by atoms with van der Waals surface area (Å²) in [6, 6.07) is 4.07. The largest absolute Gasteiger partial charge is 0.332 e. The second-order valence-electron chi connectivity index (χ2n) is 5.55. The van der Waals surface area contributed by atoms with Crippen LogP contribution in [0.15, 0.2) is 34.1 Å². The fourth-order valence-corrected chi connectivity index (χ4v) is 4.18. The molecule has 1 aromatic carbocycles. The molecule has 1 saturated carbocycles. The highest BCUT2D eigenvalue weighted by Gasteiger charge is 2.24. The highest BCUT2D eigenvalue weighted by atomic mass is 32.3. The van der Waals surface area contributed by atoms with Crippen molar-refractivity contribution in [2.75, 3.05) is 6.54 Å². The Morgan fingerprint density at radius 2 is 1.67 bits per heavy atom. The predicted molar refractivity (Wildman–Crippen MR) is 76.4 cm³/mol. The molecule has 1 aliphatic rings. The number of nitrogens with one attached hydrogen (secondary N) is 1. The lowest BCUT2D eigenvalue weighted by molar-refractivity contribution is 0.498. The van der Waals surface area contributed by atoms with E-state index >= 15 is 0 Å². The van der Waals surface area contributed by atoms with Gasteiger partial charge >= 0.3 is 10.2 Å². The minimum Gasteiger partial charge on any atom is -0.211 e. The van der Waals surface area contributed by atoms with Crippen molar-refractivity contribution in [3.8, 4) is 0 Å². The summed E-state index contributed by atoms with van der Waals surface area (Å²) >= 11 is 0. The van der Waals surface area contributed by atoms with Crippen molar-refractivity contribution >= 4 is 20.2 Å². The zero-order valence-corrected chi connectivity index (χ0v) is 13.3. The Hall–Kier alpha value is -0.990. The molecule has 0 radical (unpaired) electrons. The summed E-state index contributed by atoms with van der Waals surface area (Å²) in [5, 5.41) is 0. The Morgan fingerprint density at radius 3 is 2.14 bits per heavy atom. The molecular weight excluding hydrogens is 317 g/mol. The standard InChI is InChI=1S/C13H18FNO4S2/c1-10-2-3-11(8-10)9-15-21(18,19)13-6-4-12(5-7-13)20(14,16)17/h4-7,10-11,15H,2-3,8-9H2,1H3. The zero-order valence-electron chi connectivity index (χ0n) is 11.6. The second-order valence-corrected chi connectivity index (χ2v) is 8.66. The summed E-state index contributed by atoms with van der Waals surface area (Å²) < 4.78 is 60.8. The van der Waals surface area contributed by atoms with Crippen LogP contribution < -0.4 is 4.72 Å². The quantitative estimate of drug-likeness (QED) is 0.835. The lowest BCUT2D eigenvalue weighted by Gasteiger charge is -2.11. The molecule has 0 amide bonds. The van der Waals surface area contributed by atoms with Gasteiger partial charge in [-0.25, -0.2) is 13.1 Å². The molecule has 1 N–H and O–H groups in total. The lowest BCUT2D eigenvalue weighted by atomic mass is 10.1. The van der Waals surface area contributed by atoms with Crippen LogP contribution in [0, 0.1) is 11.8 Å². The fourth-order valence-electron chi connectivity index (χ4n) is 2.60. The van der Waals surface area contributed by atoms with Crippen LogP contribution in [0.3, 0.4) is 0 Å². The molecule has 2 unspecified atom stereocenters. The van der Waals surface area contributed by atoms with Crippen molar-refractivity contribution in [2.24, 2.45) is 11.8 Å². The van der Waals surface area contributed by atoms with E-state index < -0.39 is 25.1 Å². The molecule has 1 aliphatic carbocycles. The van der Waals surface area contributed by atoms with Gasteiger partial charge in [0.15, 0.2) is 0 Å². The molecule has 2 rings (SSSR count). The van der Waals surface area contributed by atoms with E-state index in [-0.39, 0.29) is 4.90 Å². The molecule has 1 fully saturated rings. The third kappa shape index (κ3) is 4.24. The Labute approximate surface area is 124 Å². The van der Waals surface area contributed by atoms with E-state index in [0.29, 0.717) is 18.4 Å². The molecule has 5 nitrogen and oxygen atoms in total. The van der Waals surface area contributed by atoms with Crippen molar-refractivity contribution in [2.45, 2.75) is 36.0 Å². The molecule has 118 valence electrons. The van der Waals surface area contributed by atoms with Gasteiger partial charge in [0.25, 0.3) is 0 Å². The Balaban J connectivity index is 2.05. The number of rotatable bonds is 5. The van der Waals surface area contributed by atoms with Crippen LogP contribution in [0.2, 0.25) is 0 Å². The first-order chi connectivity index (χ1) is 9.68. The minimum absolute atomic E-state index is 0.0686. The Morgan fingerprint density at radius 1 is 1.10 bits per heavy atom. The number of hydrogen-bond acceptors (Lipinski definition) is 4. The van der Waals surface area contributed by atoms with Gasteiger partial charge < -0.3 is 0 Å². The molecule has 0 spiro atoms. The molecule has 1 aromatic rings. The monoisotopic (exact) mass is 335 g/mol. The molecule has 0 bridgehead atoms. The van der Waals surface area contributed by atoms with Crippen LogP contribution >= 0.6 is 0 Å². The van der Waals surface area contributed by atoms with Gasteiger partial charge in [-0.2, -0.15) is 8.42 Å². The SMILES string of the molecule is CC1CCC(CNS(=O)(=O)c2ccc(S(=O)(=O)F)cc2)C1. The topological polar surface area (TPSA) is 80.3 Å². The van der Waals surface area contributed by atoms with Crippen LogP contribution in [-0.2, 0) is 20.2 Å². The first kappa shape index (κ1) is 16.4. The van der Waals surface area contributed by atoms with Gasteiger partial charge in [0.2, 0.25) is 10.0 Å². The molecule has 0 heterocycles. The Bertz CT molecular complexity index is 698. The van der Waals surface area contributed by atoms with E-state index in [2.05, 4.69) is 11.6 Å². The maximum absolute atomic E-state index is 12.7. The average molecular weight is 335 g/mol. The summed E-state index contributed by atoms with van der Waals surface area (Å²) in [5.41, 5.74) is 0. The van der Waals surface area contributed by atoms with Crippen molar-refractivity contribution in [1.29, 1.82) is 0 Å². The van der Waals surface area contributed by atoms with Gasteiger partial charge in [-0.3, -0.25) is 0 Å². The van der Waals surface area contributed by atoms with Gasteiger partial charge in [-0.05, 0) is 48.9 Å². The maximum atomic E-state index is 12.7. The summed E-state index contributed by atoms with van der Waals surface area (Å²) in [6.45, 7) is 2.51. The van der Waals surface area contributed by atoms with Gasteiger partial charge in [0.05, 0.1) is 9.79 Å². The summed E-state index contributed by atoms with van der Waals surface area (Å²) in [4.78, 5) is -0.619. The van der Waals surface area contributed by atoms with Gasteiger partial charge in [-0.15, -0.1) is 3.89 Å². The average Bonchev–Trinajstić information content (AvgIpc) is 2.82. The molecule has 0 aromatic heterocycles. The number of halogens is 1. The second kappa shape index (κ2) is 6.02. The van der Waals surface area contributed by atoms with Crippen LogP contribution in [-0.4, -0.2) is 23.4 Å². The summed E-state index contributed by atoms with van der Waals surface area (Å²) in [5.74, 6) is 0.953. The van der Waals surface area contributed by atoms with Gasteiger partial charge in [-0.1, -0.05) is 13.3 Å². The smallest absolute Gasteiger partial charge is 0.211 e. The molecule has 2 atom stereocenters. The van der Waals surface area contributed by atoms with Gasteiger partial charge in [0.1, 0.15) is 0 Å². The van der Waals surface area contributed by atoms with Crippen LogP contribution in [0.25, 0.3) is 0 Å². The number of sulfonamides is 1. The fraction of sp³-hybridized carbons (Fsp3) is 0.538. The first-order valence-corrected chi connectivity index (χ1v) is 9.59. The highest BCUT2D eigenvalue weighted by Crippen LogP contribution is 2.30. The molecule has 21 heavy (non-hydrogen) atoms. The third-order valence-corrected chi connectivity index (χ3v) is 6.06. The van der Waals surface area contributed by atoms with E-state index in [1.165, 1.54) is 0 Å². The van der Waals surface area contributed by atoms with Crippen LogP contribution in [0.1, 0.15) is 26.2 Å². The lowest BCUT2D eigenvalue weighted by Crippen LogP contribution is -2.28. The first-order valence-electron chi connectivity index (χ1n) is 6.73. The van der Waals surface area contributed by atoms with Crippen molar-refractivity contribution in [3.05, 3.63) is 24.3 Å². The van der Waals surface area contributed by atoms with E-state index in [1.54, 1.807) is 0 Å². The highest BCUT2D eigenvalue weighted by molar-refractivity contribution is 7.89. The third-order valence-electron chi connectivity index (χ3n) is 3.78. The maximum Gasteiger partial charge on any atom is 0.332 e. The van der Waals surface area contributed by atoms with E-state index in [1.807, 2.05) is 0 Å². The normalized spacial score (nSPS) is 23.3. The van der Waals surface area contributed by atoms with E-state index in [9.17, 15) is 20.7 Å². The molecular formula is C13H18FNO4S2. The number of benzene rings is 1. The Kier molecular flexibility index (Phi) is 4.69. The molecule has 0 aliphatic heterocycles. The predicted octanol–water partition coefficient (Wildman–Crippen LogP) is 2.06. The van der Waals surface area contributed by atoms with Gasteiger partial charge in [0, 0.05) is 6.54 Å². The van der Waals surface area contributed by atoms with E-state index in [0.717, 1.165) is 43.5 Å². The number of hydrogen-bond donors (Lipinski definition) is 1. The summed E-state index contributed by atoms with van der Waals surface area (Å²) in [6.07, 6.45) is 3.11. The zero-order chi connectivity index (χ0) is 15.7. The van der Waals surface area contributed by atoms with E-state index in [4.69, 9.17) is 0 Å².